The summed E-state index contributed by atoms with van der Waals surface area (Å²) >= 11 is 5.45. The van der Waals surface area contributed by atoms with Crippen molar-refractivity contribution in [2.24, 2.45) is 0 Å². The van der Waals surface area contributed by atoms with Crippen molar-refractivity contribution < 1.29 is 8.78 Å². The van der Waals surface area contributed by atoms with Crippen LogP contribution in [0.15, 0.2) is 0 Å². The molecule has 4 heteroatoms. The van der Waals surface area contributed by atoms with Crippen molar-refractivity contribution in [3.63, 3.8) is 0 Å². The van der Waals surface area contributed by atoms with E-state index in [1.165, 1.54) is 6.92 Å². The largest absolute Gasteiger partial charge is 0.309 e. The van der Waals surface area contributed by atoms with Crippen LogP contribution in [-0.4, -0.2) is 23.9 Å². The molecule has 1 aliphatic rings. The lowest BCUT2D eigenvalue weighted by atomic mass is 10.1. The van der Waals surface area contributed by atoms with E-state index in [9.17, 15) is 8.78 Å². The quantitative estimate of drug-likeness (QED) is 0.519. The lowest BCUT2D eigenvalue weighted by molar-refractivity contribution is -0.00264. The van der Waals surface area contributed by atoms with E-state index in [2.05, 4.69) is 5.32 Å². The molecule has 1 aliphatic heterocycles. The fraction of sp³-hybridized carbons (Fsp3) is 1.00. The SMILES string of the molecule is CC1(Cl)CNCC1(F)F. The maximum atomic E-state index is 12.5. The van der Waals surface area contributed by atoms with E-state index in [-0.39, 0.29) is 13.1 Å². The van der Waals surface area contributed by atoms with Gasteiger partial charge in [-0.05, 0) is 6.92 Å². The molecule has 0 aromatic heterocycles. The van der Waals surface area contributed by atoms with Gasteiger partial charge in [-0.25, -0.2) is 8.78 Å². The molecule has 1 heterocycles. The molecule has 1 unspecified atom stereocenters. The first-order chi connectivity index (χ1) is 3.96. The molecule has 1 N–H and O–H groups in total. The Labute approximate surface area is 57.4 Å². The van der Waals surface area contributed by atoms with Crippen LogP contribution in [0.25, 0.3) is 0 Å². The molecule has 0 amide bonds. The van der Waals surface area contributed by atoms with Crippen molar-refractivity contribution in [1.82, 2.24) is 5.32 Å². The van der Waals surface area contributed by atoms with E-state index < -0.39 is 10.8 Å². The smallest absolute Gasteiger partial charge is 0.280 e. The van der Waals surface area contributed by atoms with Crippen molar-refractivity contribution in [2.45, 2.75) is 17.7 Å². The van der Waals surface area contributed by atoms with E-state index in [0.29, 0.717) is 0 Å². The van der Waals surface area contributed by atoms with Gasteiger partial charge in [0.15, 0.2) is 0 Å². The molecule has 1 fully saturated rings. The predicted octanol–water partition coefficient (Wildman–Crippen LogP) is 1.22. The van der Waals surface area contributed by atoms with E-state index >= 15 is 0 Å². The third-order valence-corrected chi connectivity index (χ3v) is 1.98. The van der Waals surface area contributed by atoms with E-state index in [1.54, 1.807) is 0 Å². The number of hydrogen-bond donors (Lipinski definition) is 1. The summed E-state index contributed by atoms with van der Waals surface area (Å²) in [6.07, 6.45) is 0. The molecule has 0 aliphatic carbocycles. The fourth-order valence-electron chi connectivity index (χ4n) is 0.768. The highest BCUT2D eigenvalue weighted by molar-refractivity contribution is 6.24. The highest BCUT2D eigenvalue weighted by atomic mass is 35.5. The summed E-state index contributed by atoms with van der Waals surface area (Å²) in [6, 6.07) is 0. The minimum Gasteiger partial charge on any atom is -0.309 e. The van der Waals surface area contributed by atoms with Crippen LogP contribution in [-0.2, 0) is 0 Å². The van der Waals surface area contributed by atoms with Crippen LogP contribution in [0.1, 0.15) is 6.92 Å². The normalized spacial score (nSPS) is 41.3. The average Bonchev–Trinajstić information content (AvgIpc) is 1.81. The molecule has 0 radical (unpaired) electrons. The second-order valence-electron chi connectivity index (χ2n) is 2.51. The monoisotopic (exact) mass is 155 g/mol. The Morgan fingerprint density at radius 3 is 2.11 bits per heavy atom. The number of halogens is 3. The molecule has 1 atom stereocenters. The molecule has 0 saturated carbocycles. The molecular formula is C5H8ClF2N. The van der Waals surface area contributed by atoms with Gasteiger partial charge in [0.25, 0.3) is 5.92 Å². The fourth-order valence-corrected chi connectivity index (χ4v) is 0.929. The van der Waals surface area contributed by atoms with Gasteiger partial charge in [0.1, 0.15) is 4.87 Å². The minimum absolute atomic E-state index is 0.182. The number of rotatable bonds is 0. The molecule has 1 nitrogen and oxygen atoms in total. The Morgan fingerprint density at radius 2 is 2.00 bits per heavy atom. The van der Waals surface area contributed by atoms with Crippen LogP contribution >= 0.6 is 11.6 Å². The number of hydrogen-bond acceptors (Lipinski definition) is 1. The highest BCUT2D eigenvalue weighted by Crippen LogP contribution is 2.36. The van der Waals surface area contributed by atoms with Crippen LogP contribution < -0.4 is 5.32 Å². The summed E-state index contributed by atoms with van der Waals surface area (Å²) in [5, 5.41) is 2.52. The van der Waals surface area contributed by atoms with Crippen molar-refractivity contribution in [2.75, 3.05) is 13.1 Å². The van der Waals surface area contributed by atoms with Crippen molar-refractivity contribution in [3.8, 4) is 0 Å². The zero-order valence-electron chi connectivity index (χ0n) is 5.05. The van der Waals surface area contributed by atoms with Gasteiger partial charge in [0, 0.05) is 6.54 Å². The van der Waals surface area contributed by atoms with Gasteiger partial charge in [0.05, 0.1) is 6.54 Å². The van der Waals surface area contributed by atoms with Gasteiger partial charge in [-0.1, -0.05) is 0 Å². The van der Waals surface area contributed by atoms with Crippen LogP contribution in [0.3, 0.4) is 0 Å². The highest BCUT2D eigenvalue weighted by Gasteiger charge is 2.52. The summed E-state index contributed by atoms with van der Waals surface area (Å²) < 4.78 is 25.1. The van der Waals surface area contributed by atoms with Gasteiger partial charge in [-0.3, -0.25) is 0 Å². The molecule has 0 spiro atoms. The van der Waals surface area contributed by atoms with E-state index in [1.807, 2.05) is 0 Å². The lowest BCUT2D eigenvalue weighted by Gasteiger charge is -2.21. The maximum absolute atomic E-state index is 12.5. The Hall–Kier alpha value is 0.110. The van der Waals surface area contributed by atoms with Crippen LogP contribution in [0.4, 0.5) is 8.78 Å². The van der Waals surface area contributed by atoms with E-state index in [0.717, 1.165) is 0 Å². The van der Waals surface area contributed by atoms with Crippen LogP contribution in [0, 0.1) is 0 Å². The van der Waals surface area contributed by atoms with Gasteiger partial charge in [-0.2, -0.15) is 0 Å². The molecular weight excluding hydrogens is 148 g/mol. The summed E-state index contributed by atoms with van der Waals surface area (Å²) in [4.78, 5) is -1.38. The summed E-state index contributed by atoms with van der Waals surface area (Å²) in [5.41, 5.74) is 0. The van der Waals surface area contributed by atoms with Crippen molar-refractivity contribution in [1.29, 1.82) is 0 Å². The molecule has 9 heavy (non-hydrogen) atoms. The van der Waals surface area contributed by atoms with Gasteiger partial charge < -0.3 is 5.32 Å². The second-order valence-corrected chi connectivity index (χ2v) is 3.34. The molecule has 1 rings (SSSR count). The zero-order chi connectivity index (χ0) is 7.12. The predicted molar refractivity (Wildman–Crippen MR) is 32.1 cm³/mol. The molecule has 0 bridgehead atoms. The van der Waals surface area contributed by atoms with Crippen molar-refractivity contribution in [3.05, 3.63) is 0 Å². The van der Waals surface area contributed by atoms with Crippen LogP contribution in [0.5, 0.6) is 0 Å². The molecule has 54 valence electrons. The summed E-state index contributed by atoms with van der Waals surface area (Å²) in [6.45, 7) is 1.23. The standard InChI is InChI=1S/C5H8ClF2N/c1-4(6)2-9-3-5(4,7)8/h9H,2-3H2,1H3. The average molecular weight is 156 g/mol. The summed E-state index contributed by atoms with van der Waals surface area (Å²) in [5.74, 6) is -2.76. The Balaban J connectivity index is 2.75. The minimum atomic E-state index is -2.76. The van der Waals surface area contributed by atoms with E-state index in [4.69, 9.17) is 11.6 Å². The first-order valence-corrected chi connectivity index (χ1v) is 3.11. The van der Waals surface area contributed by atoms with Gasteiger partial charge >= 0.3 is 0 Å². The number of alkyl halides is 3. The van der Waals surface area contributed by atoms with Gasteiger partial charge in [0.2, 0.25) is 0 Å². The summed E-state index contributed by atoms with van der Waals surface area (Å²) in [7, 11) is 0. The first kappa shape index (κ1) is 7.22. The Kier molecular flexibility index (Phi) is 1.44. The first-order valence-electron chi connectivity index (χ1n) is 2.73. The van der Waals surface area contributed by atoms with Gasteiger partial charge in [-0.15, -0.1) is 11.6 Å². The maximum Gasteiger partial charge on any atom is 0.280 e. The topological polar surface area (TPSA) is 12.0 Å². The third-order valence-electron chi connectivity index (χ3n) is 1.57. The number of nitrogens with one attached hydrogen (secondary N) is 1. The van der Waals surface area contributed by atoms with Crippen molar-refractivity contribution >= 4 is 11.6 Å². The second kappa shape index (κ2) is 1.80. The molecule has 0 aromatic carbocycles. The molecule has 1 saturated heterocycles. The third kappa shape index (κ3) is 1.03. The zero-order valence-corrected chi connectivity index (χ0v) is 5.80. The Morgan fingerprint density at radius 1 is 1.44 bits per heavy atom. The lowest BCUT2D eigenvalue weighted by Crippen LogP contribution is -2.38. The Bertz CT molecular complexity index is 110. The molecule has 0 aromatic rings. The van der Waals surface area contributed by atoms with Crippen LogP contribution in [0.2, 0.25) is 0 Å².